The van der Waals surface area contributed by atoms with Crippen LogP contribution in [0, 0.1) is 0 Å². The number of benzene rings is 1. The van der Waals surface area contributed by atoms with E-state index in [0.717, 1.165) is 17.0 Å². The highest BCUT2D eigenvalue weighted by atomic mass is 16.3. The number of nitrogens with one attached hydrogen (secondary N) is 1. The fourth-order valence-electron chi connectivity index (χ4n) is 2.70. The van der Waals surface area contributed by atoms with Gasteiger partial charge in [0.1, 0.15) is 12.1 Å². The second kappa shape index (κ2) is 7.18. The zero-order valence-electron chi connectivity index (χ0n) is 14.0. The third-order valence-electron chi connectivity index (χ3n) is 3.97. The van der Waals surface area contributed by atoms with Crippen molar-refractivity contribution in [3.8, 4) is 11.5 Å². The second-order valence-corrected chi connectivity index (χ2v) is 5.83. The van der Waals surface area contributed by atoms with Crippen LogP contribution < -0.4 is 5.32 Å². The van der Waals surface area contributed by atoms with Crippen molar-refractivity contribution in [2.24, 2.45) is 0 Å². The maximum atomic E-state index is 12.1. The average Bonchev–Trinajstić information content (AvgIpc) is 3.30. The molecule has 1 aromatic carbocycles. The summed E-state index contributed by atoms with van der Waals surface area (Å²) >= 11 is 0. The van der Waals surface area contributed by atoms with Gasteiger partial charge in [-0.05, 0) is 24.3 Å². The molecule has 3 heterocycles. The summed E-state index contributed by atoms with van der Waals surface area (Å²) in [5.74, 6) is 1.23. The quantitative estimate of drug-likeness (QED) is 0.578. The Morgan fingerprint density at radius 1 is 1.08 bits per heavy atom. The van der Waals surface area contributed by atoms with Gasteiger partial charge in [-0.3, -0.25) is 9.20 Å². The molecule has 0 fully saturated rings. The predicted octanol–water partition coefficient (Wildman–Crippen LogP) is 2.29. The van der Waals surface area contributed by atoms with Crippen molar-refractivity contribution in [1.82, 2.24) is 24.9 Å². The van der Waals surface area contributed by atoms with E-state index in [-0.39, 0.29) is 12.3 Å². The molecule has 0 aliphatic heterocycles. The van der Waals surface area contributed by atoms with E-state index >= 15 is 0 Å². The third-order valence-corrected chi connectivity index (χ3v) is 3.97. The van der Waals surface area contributed by atoms with E-state index in [4.69, 9.17) is 4.42 Å². The van der Waals surface area contributed by atoms with Crippen LogP contribution in [0.4, 0.5) is 0 Å². The number of oxazole rings is 1. The predicted molar refractivity (Wildman–Crippen MR) is 95.3 cm³/mol. The Bertz CT molecular complexity index is 1020. The maximum absolute atomic E-state index is 12.1. The molecular formula is C19H17N5O2. The van der Waals surface area contributed by atoms with Crippen LogP contribution in [-0.2, 0) is 17.6 Å². The molecule has 0 saturated heterocycles. The minimum absolute atomic E-state index is 0.105. The van der Waals surface area contributed by atoms with Gasteiger partial charge in [-0.1, -0.05) is 24.3 Å². The van der Waals surface area contributed by atoms with Crippen molar-refractivity contribution in [1.29, 1.82) is 0 Å². The zero-order chi connectivity index (χ0) is 17.8. The van der Waals surface area contributed by atoms with Gasteiger partial charge in [0.25, 0.3) is 0 Å². The van der Waals surface area contributed by atoms with Crippen LogP contribution in [0.25, 0.3) is 17.1 Å². The first-order chi connectivity index (χ1) is 12.8. The molecular weight excluding hydrogens is 330 g/mol. The number of rotatable bonds is 6. The molecule has 1 N–H and O–H groups in total. The first-order valence-electron chi connectivity index (χ1n) is 8.35. The van der Waals surface area contributed by atoms with Crippen LogP contribution in [0.3, 0.4) is 0 Å². The fraction of sp³-hybridized carbons (Fsp3) is 0.158. The second-order valence-electron chi connectivity index (χ2n) is 5.83. The lowest BCUT2D eigenvalue weighted by atomic mass is 10.2. The summed E-state index contributed by atoms with van der Waals surface area (Å²) in [5.41, 5.74) is 2.29. The molecule has 7 nitrogen and oxygen atoms in total. The summed E-state index contributed by atoms with van der Waals surface area (Å²) < 4.78 is 7.36. The Hall–Kier alpha value is -3.48. The molecule has 1 amide bonds. The molecule has 0 aliphatic carbocycles. The van der Waals surface area contributed by atoms with Gasteiger partial charge in [-0.25, -0.2) is 4.98 Å². The monoisotopic (exact) mass is 347 g/mol. The Morgan fingerprint density at radius 3 is 2.81 bits per heavy atom. The Morgan fingerprint density at radius 2 is 1.92 bits per heavy atom. The van der Waals surface area contributed by atoms with Gasteiger partial charge >= 0.3 is 0 Å². The molecule has 0 unspecified atom stereocenters. The van der Waals surface area contributed by atoms with Crippen LogP contribution in [-0.4, -0.2) is 32.0 Å². The van der Waals surface area contributed by atoms with E-state index in [1.807, 2.05) is 59.1 Å². The fourth-order valence-corrected chi connectivity index (χ4v) is 2.70. The summed E-state index contributed by atoms with van der Waals surface area (Å²) in [4.78, 5) is 16.5. The van der Waals surface area contributed by atoms with E-state index in [9.17, 15) is 4.79 Å². The normalized spacial score (nSPS) is 10.9. The Balaban J connectivity index is 1.31. The molecule has 0 saturated carbocycles. The maximum Gasteiger partial charge on any atom is 0.226 e. The molecule has 0 bridgehead atoms. The van der Waals surface area contributed by atoms with Crippen molar-refractivity contribution in [3.63, 3.8) is 0 Å². The molecule has 130 valence electrons. The van der Waals surface area contributed by atoms with Gasteiger partial charge in [0.05, 0.1) is 12.1 Å². The smallest absolute Gasteiger partial charge is 0.226 e. The van der Waals surface area contributed by atoms with E-state index in [2.05, 4.69) is 20.5 Å². The summed E-state index contributed by atoms with van der Waals surface area (Å²) in [5, 5.41) is 11.1. The van der Waals surface area contributed by atoms with Gasteiger partial charge in [0.2, 0.25) is 11.8 Å². The molecule has 3 aromatic heterocycles. The number of hydrogen-bond acceptors (Lipinski definition) is 5. The van der Waals surface area contributed by atoms with E-state index in [1.54, 1.807) is 0 Å². The first-order valence-corrected chi connectivity index (χ1v) is 8.35. The van der Waals surface area contributed by atoms with Crippen molar-refractivity contribution < 1.29 is 9.21 Å². The lowest BCUT2D eigenvalue weighted by Gasteiger charge is -2.03. The summed E-state index contributed by atoms with van der Waals surface area (Å²) in [7, 11) is 0. The summed E-state index contributed by atoms with van der Waals surface area (Å²) in [6.07, 6.45) is 4.21. The molecule has 4 aromatic rings. The Labute approximate surface area is 149 Å². The highest BCUT2D eigenvalue weighted by Gasteiger charge is 2.11. The number of carbonyl (C=O) groups excluding carboxylic acids is 1. The molecule has 0 spiro atoms. The number of fused-ring (bicyclic) bond motifs is 1. The number of hydrogen-bond donors (Lipinski definition) is 1. The van der Waals surface area contributed by atoms with Crippen molar-refractivity contribution in [2.45, 2.75) is 12.8 Å². The van der Waals surface area contributed by atoms with Gasteiger partial charge in [0.15, 0.2) is 5.65 Å². The minimum Gasteiger partial charge on any atom is -0.444 e. The molecule has 7 heteroatoms. The summed E-state index contributed by atoms with van der Waals surface area (Å²) in [6.45, 7) is 0.484. The van der Waals surface area contributed by atoms with Crippen LogP contribution >= 0.6 is 0 Å². The van der Waals surface area contributed by atoms with Gasteiger partial charge < -0.3 is 9.73 Å². The first kappa shape index (κ1) is 16.0. The number of pyridine rings is 1. The standard InChI is InChI=1S/C19H17N5O2/c25-18(12-15-13-26-19(21-15)14-6-2-1-3-7-14)20-10-9-17-23-22-16-8-4-5-11-24(16)17/h1-8,11,13H,9-10,12H2,(H,20,25). The third kappa shape index (κ3) is 3.46. The minimum atomic E-state index is -0.105. The largest absolute Gasteiger partial charge is 0.444 e. The van der Waals surface area contributed by atoms with Crippen LogP contribution in [0.1, 0.15) is 11.5 Å². The highest BCUT2D eigenvalue weighted by Crippen LogP contribution is 2.18. The van der Waals surface area contributed by atoms with Crippen molar-refractivity contribution >= 4 is 11.6 Å². The number of carbonyl (C=O) groups is 1. The molecule has 0 radical (unpaired) electrons. The highest BCUT2D eigenvalue weighted by molar-refractivity contribution is 5.78. The molecule has 0 aliphatic rings. The average molecular weight is 347 g/mol. The molecule has 26 heavy (non-hydrogen) atoms. The van der Waals surface area contributed by atoms with E-state index in [0.29, 0.717) is 24.6 Å². The van der Waals surface area contributed by atoms with Crippen LogP contribution in [0.2, 0.25) is 0 Å². The molecule has 0 atom stereocenters. The number of aromatic nitrogens is 4. The number of nitrogens with zero attached hydrogens (tertiary/aromatic N) is 4. The molecule has 4 rings (SSSR count). The number of amides is 1. The lowest BCUT2D eigenvalue weighted by molar-refractivity contribution is -0.120. The van der Waals surface area contributed by atoms with E-state index < -0.39 is 0 Å². The van der Waals surface area contributed by atoms with Crippen molar-refractivity contribution in [3.05, 3.63) is 72.5 Å². The Kier molecular flexibility index (Phi) is 4.42. The van der Waals surface area contributed by atoms with Crippen LogP contribution in [0.5, 0.6) is 0 Å². The van der Waals surface area contributed by atoms with Crippen LogP contribution in [0.15, 0.2) is 65.4 Å². The summed E-state index contributed by atoms with van der Waals surface area (Å²) in [6, 6.07) is 15.3. The topological polar surface area (TPSA) is 85.3 Å². The van der Waals surface area contributed by atoms with Gasteiger partial charge in [-0.2, -0.15) is 0 Å². The van der Waals surface area contributed by atoms with Gasteiger partial charge in [0, 0.05) is 24.7 Å². The van der Waals surface area contributed by atoms with Gasteiger partial charge in [-0.15, -0.1) is 10.2 Å². The zero-order valence-corrected chi connectivity index (χ0v) is 14.0. The lowest BCUT2D eigenvalue weighted by Crippen LogP contribution is -2.27. The SMILES string of the molecule is O=C(Cc1coc(-c2ccccc2)n1)NCCc1nnc2ccccn12. The van der Waals surface area contributed by atoms with E-state index in [1.165, 1.54) is 6.26 Å². The van der Waals surface area contributed by atoms with Crippen molar-refractivity contribution in [2.75, 3.05) is 6.54 Å².